The number of aliphatic hydroxyl groups is 1. The van der Waals surface area contributed by atoms with Crippen LogP contribution in [0.2, 0.25) is 0 Å². The molecule has 0 spiro atoms. The van der Waals surface area contributed by atoms with Crippen LogP contribution in [0.1, 0.15) is 30.9 Å². The van der Waals surface area contributed by atoms with Crippen LogP contribution in [0.3, 0.4) is 0 Å². The van der Waals surface area contributed by atoms with Crippen molar-refractivity contribution in [1.29, 1.82) is 0 Å². The van der Waals surface area contributed by atoms with E-state index in [9.17, 15) is 18.7 Å². The van der Waals surface area contributed by atoms with Gasteiger partial charge in [-0.2, -0.15) is 0 Å². The zero-order chi connectivity index (χ0) is 27.0. The van der Waals surface area contributed by atoms with Gasteiger partial charge in [0.15, 0.2) is 0 Å². The van der Waals surface area contributed by atoms with Crippen molar-refractivity contribution in [3.63, 3.8) is 0 Å². The number of likely N-dealkylation sites (tertiary alicyclic amines) is 1. The quantitative estimate of drug-likeness (QED) is 0.546. The number of piperidine rings is 1. The smallest absolute Gasteiger partial charge is 0.228 e. The maximum absolute atomic E-state index is 14.1. The molecule has 1 aromatic carbocycles. The molecule has 200 valence electrons. The summed E-state index contributed by atoms with van der Waals surface area (Å²) < 4.78 is 32.7. The van der Waals surface area contributed by atoms with Crippen molar-refractivity contribution in [2.24, 2.45) is 17.8 Å². The number of amides is 1. The van der Waals surface area contributed by atoms with Gasteiger partial charge in [0.05, 0.1) is 36.7 Å². The van der Waals surface area contributed by atoms with Crippen LogP contribution in [0.4, 0.5) is 14.5 Å². The third kappa shape index (κ3) is 4.71. The minimum Gasteiger partial charge on any atom is -0.481 e. The molecule has 7 nitrogen and oxygen atoms in total. The van der Waals surface area contributed by atoms with Crippen LogP contribution in [0, 0.1) is 29.4 Å². The molecule has 4 heterocycles. The molecule has 5 rings (SSSR count). The second kappa shape index (κ2) is 10.3. The van der Waals surface area contributed by atoms with Crippen molar-refractivity contribution in [3.05, 3.63) is 83.8 Å². The van der Waals surface area contributed by atoms with Gasteiger partial charge in [-0.1, -0.05) is 32.0 Å². The average molecular weight is 523 g/mol. The molecule has 3 aromatic rings. The summed E-state index contributed by atoms with van der Waals surface area (Å²) in [5.74, 6) is -1.43. The molecule has 9 heteroatoms. The molecule has 0 bridgehead atoms. The summed E-state index contributed by atoms with van der Waals surface area (Å²) in [6.07, 6.45) is 4.49. The van der Waals surface area contributed by atoms with E-state index in [4.69, 9.17) is 4.74 Å². The zero-order valence-corrected chi connectivity index (χ0v) is 21.7. The highest BCUT2D eigenvalue weighted by Gasteiger charge is 2.49. The van der Waals surface area contributed by atoms with Gasteiger partial charge in [0, 0.05) is 62.3 Å². The molecule has 2 fully saturated rings. The monoisotopic (exact) mass is 522 g/mol. The lowest BCUT2D eigenvalue weighted by Crippen LogP contribution is -2.57. The number of methoxy groups -OCH3 is 1. The molecule has 4 atom stereocenters. The first kappa shape index (κ1) is 26.0. The van der Waals surface area contributed by atoms with Crippen molar-refractivity contribution < 1.29 is 23.4 Å². The third-order valence-corrected chi connectivity index (χ3v) is 8.20. The average Bonchev–Trinajstić information content (AvgIpc) is 3.37. The molecule has 2 aliphatic heterocycles. The molecule has 38 heavy (non-hydrogen) atoms. The number of aromatic nitrogens is 2. The molecule has 2 aromatic heterocycles. The molecular weight excluding hydrogens is 490 g/mol. The Morgan fingerprint density at radius 3 is 2.29 bits per heavy atom. The van der Waals surface area contributed by atoms with Gasteiger partial charge in [-0.3, -0.25) is 9.78 Å². The Morgan fingerprint density at radius 1 is 0.974 bits per heavy atom. The molecule has 0 radical (unpaired) electrons. The van der Waals surface area contributed by atoms with Crippen LogP contribution in [-0.4, -0.2) is 59.2 Å². The highest BCUT2D eigenvalue weighted by atomic mass is 19.1. The van der Waals surface area contributed by atoms with Gasteiger partial charge in [0.25, 0.3) is 0 Å². The van der Waals surface area contributed by atoms with E-state index in [1.807, 2.05) is 29.7 Å². The van der Waals surface area contributed by atoms with Crippen LogP contribution in [0.25, 0.3) is 0 Å². The van der Waals surface area contributed by atoms with Crippen molar-refractivity contribution in [3.8, 4) is 5.88 Å². The Hall–Kier alpha value is -3.59. The third-order valence-electron chi connectivity index (χ3n) is 8.20. The zero-order valence-electron chi connectivity index (χ0n) is 21.7. The molecule has 2 unspecified atom stereocenters. The van der Waals surface area contributed by atoms with Gasteiger partial charge in [-0.15, -0.1) is 0 Å². The second-order valence-electron chi connectivity index (χ2n) is 10.5. The lowest BCUT2D eigenvalue weighted by molar-refractivity contribution is -0.152. The lowest BCUT2D eigenvalue weighted by atomic mass is 9.70. The minimum absolute atomic E-state index is 0.0162. The van der Waals surface area contributed by atoms with Crippen LogP contribution in [0.15, 0.2) is 61.1 Å². The number of anilines is 1. The van der Waals surface area contributed by atoms with E-state index in [0.29, 0.717) is 43.3 Å². The number of hydrogen-bond acceptors (Lipinski definition) is 6. The number of ether oxygens (including phenoxy) is 1. The topological polar surface area (TPSA) is 78.8 Å². The summed E-state index contributed by atoms with van der Waals surface area (Å²) in [5.41, 5.74) is 0.993. The number of halogens is 2. The summed E-state index contributed by atoms with van der Waals surface area (Å²) in [5, 5.41) is 11.7. The van der Waals surface area contributed by atoms with Gasteiger partial charge < -0.3 is 19.6 Å². The Labute approximate surface area is 221 Å². The molecule has 2 aliphatic rings. The number of benzene rings is 1. The molecule has 2 saturated heterocycles. The van der Waals surface area contributed by atoms with Crippen molar-refractivity contribution in [2.75, 3.05) is 38.2 Å². The first-order valence-corrected chi connectivity index (χ1v) is 12.8. The van der Waals surface area contributed by atoms with E-state index in [2.05, 4.69) is 9.97 Å². The van der Waals surface area contributed by atoms with E-state index < -0.39 is 17.3 Å². The van der Waals surface area contributed by atoms with Gasteiger partial charge in [-0.25, -0.2) is 13.8 Å². The number of carbonyl (C=O) groups excluding carboxylic acids is 1. The molecule has 0 saturated carbocycles. The van der Waals surface area contributed by atoms with Crippen LogP contribution in [0.5, 0.6) is 5.88 Å². The maximum atomic E-state index is 14.1. The normalized spacial score (nSPS) is 27.4. The Morgan fingerprint density at radius 2 is 1.68 bits per heavy atom. The van der Waals surface area contributed by atoms with E-state index >= 15 is 0 Å². The number of hydrogen-bond donors (Lipinski definition) is 1. The maximum Gasteiger partial charge on any atom is 0.228 e. The van der Waals surface area contributed by atoms with Crippen molar-refractivity contribution in [2.45, 2.75) is 25.4 Å². The van der Waals surface area contributed by atoms with E-state index in [-0.39, 0.29) is 29.5 Å². The molecule has 1 N–H and O–H groups in total. The standard InChI is InChI=1S/C29H32F2N4O3/c1-18-14-35(15-19(2)29(18,37)21-5-7-22(30)8-6-21)28(36)26-17-34(24-10-23(31)12-32-13-24)16-25(26)20-4-9-27(38-3)33-11-20/h4-13,18-19,25-26,37H,14-17H2,1-3H3/t18?,19?,25-,26+,29?/m0/s1. The van der Waals surface area contributed by atoms with E-state index in [0.717, 1.165) is 11.8 Å². The summed E-state index contributed by atoms with van der Waals surface area (Å²) in [6, 6.07) is 11.1. The van der Waals surface area contributed by atoms with Gasteiger partial charge in [-0.05, 0) is 23.3 Å². The van der Waals surface area contributed by atoms with Crippen molar-refractivity contribution >= 4 is 11.6 Å². The van der Waals surface area contributed by atoms with Gasteiger partial charge >= 0.3 is 0 Å². The SMILES string of the molecule is COc1ccc([C@@H]2CN(c3cncc(F)c3)C[C@H]2C(=O)N2CC(C)C(O)(c3ccc(F)cc3)C(C)C2)cn1. The lowest BCUT2D eigenvalue weighted by Gasteiger charge is -2.48. The highest BCUT2D eigenvalue weighted by molar-refractivity contribution is 5.82. The number of pyridine rings is 2. The Bertz CT molecular complexity index is 1280. The fourth-order valence-electron chi connectivity index (χ4n) is 6.11. The molecular formula is C29H32F2N4O3. The molecule has 0 aliphatic carbocycles. The summed E-state index contributed by atoms with van der Waals surface area (Å²) in [7, 11) is 1.55. The number of rotatable bonds is 5. The second-order valence-corrected chi connectivity index (χ2v) is 10.5. The van der Waals surface area contributed by atoms with Crippen LogP contribution >= 0.6 is 0 Å². The summed E-state index contributed by atoms with van der Waals surface area (Å²) >= 11 is 0. The first-order valence-electron chi connectivity index (χ1n) is 12.8. The number of carbonyl (C=O) groups is 1. The fraction of sp³-hybridized carbons (Fsp3) is 0.414. The fourth-order valence-corrected chi connectivity index (χ4v) is 6.11. The Kier molecular flexibility index (Phi) is 7.05. The van der Waals surface area contributed by atoms with Crippen molar-refractivity contribution in [1.82, 2.24) is 14.9 Å². The predicted molar refractivity (Wildman–Crippen MR) is 139 cm³/mol. The largest absolute Gasteiger partial charge is 0.481 e. The minimum atomic E-state index is -1.18. The molecule has 1 amide bonds. The van der Waals surface area contributed by atoms with Gasteiger partial charge in [0.2, 0.25) is 11.8 Å². The summed E-state index contributed by atoms with van der Waals surface area (Å²) in [6.45, 7) is 5.48. The summed E-state index contributed by atoms with van der Waals surface area (Å²) in [4.78, 5) is 26.2. The van der Waals surface area contributed by atoms with E-state index in [1.54, 1.807) is 37.7 Å². The predicted octanol–water partition coefficient (Wildman–Crippen LogP) is 3.99. The van der Waals surface area contributed by atoms with Crippen LogP contribution < -0.4 is 9.64 Å². The van der Waals surface area contributed by atoms with Crippen LogP contribution in [-0.2, 0) is 10.4 Å². The van der Waals surface area contributed by atoms with E-state index in [1.165, 1.54) is 18.2 Å². The highest BCUT2D eigenvalue weighted by Crippen LogP contribution is 2.43. The number of nitrogens with zero attached hydrogens (tertiary/aromatic N) is 4. The Balaban J connectivity index is 1.41. The first-order chi connectivity index (χ1) is 18.2. The van der Waals surface area contributed by atoms with Gasteiger partial charge in [0.1, 0.15) is 11.6 Å².